The summed E-state index contributed by atoms with van der Waals surface area (Å²) in [7, 11) is -3.50. The lowest BCUT2D eigenvalue weighted by Gasteiger charge is -2.37. The van der Waals surface area contributed by atoms with Crippen LogP contribution < -0.4 is 4.72 Å². The minimum absolute atomic E-state index is 0.0356. The van der Waals surface area contributed by atoms with Crippen LogP contribution >= 0.6 is 0 Å². The van der Waals surface area contributed by atoms with E-state index in [1.807, 2.05) is 0 Å². The predicted octanol–water partition coefficient (Wildman–Crippen LogP) is 3.33. The quantitative estimate of drug-likeness (QED) is 0.391. The molecule has 0 fully saturated rings. The minimum Gasteiger partial charge on any atom is -0.462 e. The maximum atomic E-state index is 12.9. The number of ether oxygens (including phenoxy) is 2. The molecule has 12 heteroatoms. The molecule has 0 aromatic heterocycles. The van der Waals surface area contributed by atoms with Crippen LogP contribution in [0.25, 0.3) is 0 Å². The van der Waals surface area contributed by atoms with E-state index in [9.17, 15) is 36.3 Å². The van der Waals surface area contributed by atoms with Gasteiger partial charge in [0.15, 0.2) is 5.60 Å². The van der Waals surface area contributed by atoms with Gasteiger partial charge in [-0.15, -0.1) is 0 Å². The van der Waals surface area contributed by atoms with E-state index < -0.39 is 62.7 Å². The summed E-state index contributed by atoms with van der Waals surface area (Å²) >= 11 is 0. The standard InChI is InChI=1S/C21H38F3NO7S/c1-10-19(7,16(27)31-14(2)11-20(8,28)21(22,23)24)12-17(3,4)15(26)32-18(5,6)13-25-33(9,29)30/h14,25,28H,10-13H2,1-9H3. The van der Waals surface area contributed by atoms with Gasteiger partial charge in [-0.05, 0) is 61.3 Å². The molecule has 0 saturated heterocycles. The Morgan fingerprint density at radius 1 is 1.03 bits per heavy atom. The van der Waals surface area contributed by atoms with Gasteiger partial charge in [-0.3, -0.25) is 9.59 Å². The molecule has 33 heavy (non-hydrogen) atoms. The first-order valence-corrected chi connectivity index (χ1v) is 12.4. The lowest BCUT2D eigenvalue weighted by atomic mass is 9.72. The summed E-state index contributed by atoms with van der Waals surface area (Å²) in [6.07, 6.45) is -5.78. The highest BCUT2D eigenvalue weighted by Crippen LogP contribution is 2.40. The number of nitrogens with one attached hydrogen (secondary N) is 1. The Bertz CT molecular complexity index is 807. The Morgan fingerprint density at radius 3 is 1.91 bits per heavy atom. The van der Waals surface area contributed by atoms with Crippen molar-refractivity contribution in [3.05, 3.63) is 0 Å². The molecule has 0 amide bonds. The van der Waals surface area contributed by atoms with Crippen molar-refractivity contribution in [3.63, 3.8) is 0 Å². The number of carbonyl (C=O) groups excluding carboxylic acids is 2. The monoisotopic (exact) mass is 505 g/mol. The van der Waals surface area contributed by atoms with Crippen molar-refractivity contribution < 1.29 is 45.8 Å². The van der Waals surface area contributed by atoms with Crippen LogP contribution in [0.15, 0.2) is 0 Å². The molecule has 0 spiro atoms. The molecule has 0 aliphatic carbocycles. The highest BCUT2D eigenvalue weighted by atomic mass is 32.2. The Morgan fingerprint density at radius 2 is 1.52 bits per heavy atom. The molecular formula is C21H38F3NO7S. The number of hydrogen-bond donors (Lipinski definition) is 2. The average Bonchev–Trinajstić information content (AvgIpc) is 2.57. The van der Waals surface area contributed by atoms with Crippen LogP contribution in [0, 0.1) is 10.8 Å². The second-order valence-corrected chi connectivity index (χ2v) is 12.2. The summed E-state index contributed by atoms with van der Waals surface area (Å²) in [6, 6.07) is 0. The normalized spacial score (nSPS) is 18.1. The number of halogens is 3. The molecule has 0 saturated carbocycles. The fourth-order valence-corrected chi connectivity index (χ4v) is 3.77. The highest BCUT2D eigenvalue weighted by Gasteiger charge is 2.51. The van der Waals surface area contributed by atoms with Crippen LogP contribution in [0.3, 0.4) is 0 Å². The molecule has 0 aromatic rings. The molecule has 0 aromatic carbocycles. The summed E-state index contributed by atoms with van der Waals surface area (Å²) in [4.78, 5) is 25.7. The summed E-state index contributed by atoms with van der Waals surface area (Å²) in [6.45, 7) is 11.1. The number of alkyl halides is 3. The summed E-state index contributed by atoms with van der Waals surface area (Å²) in [5, 5.41) is 9.64. The second kappa shape index (κ2) is 10.5. The fraction of sp³-hybridized carbons (Fsp3) is 0.905. The molecule has 0 aliphatic rings. The molecule has 0 aliphatic heterocycles. The van der Waals surface area contributed by atoms with E-state index in [2.05, 4.69) is 4.72 Å². The molecule has 0 radical (unpaired) electrons. The number of hydrogen-bond acceptors (Lipinski definition) is 7. The smallest absolute Gasteiger partial charge is 0.417 e. The van der Waals surface area contributed by atoms with Gasteiger partial charge in [0.1, 0.15) is 11.7 Å². The highest BCUT2D eigenvalue weighted by molar-refractivity contribution is 7.88. The van der Waals surface area contributed by atoms with Gasteiger partial charge in [0.2, 0.25) is 10.0 Å². The molecule has 3 unspecified atom stereocenters. The lowest BCUT2D eigenvalue weighted by Crippen LogP contribution is -2.47. The largest absolute Gasteiger partial charge is 0.462 e. The van der Waals surface area contributed by atoms with Crippen molar-refractivity contribution >= 4 is 22.0 Å². The minimum atomic E-state index is -4.88. The topological polar surface area (TPSA) is 119 Å². The van der Waals surface area contributed by atoms with Crippen molar-refractivity contribution in [3.8, 4) is 0 Å². The van der Waals surface area contributed by atoms with Crippen LogP contribution in [-0.4, -0.2) is 61.7 Å². The molecule has 196 valence electrons. The van der Waals surface area contributed by atoms with Gasteiger partial charge < -0.3 is 14.6 Å². The van der Waals surface area contributed by atoms with Crippen molar-refractivity contribution in [1.29, 1.82) is 0 Å². The van der Waals surface area contributed by atoms with Crippen LogP contribution in [0.2, 0.25) is 0 Å². The van der Waals surface area contributed by atoms with Crippen LogP contribution in [0.5, 0.6) is 0 Å². The zero-order valence-electron chi connectivity index (χ0n) is 20.8. The van der Waals surface area contributed by atoms with Crippen molar-refractivity contribution in [2.24, 2.45) is 10.8 Å². The Hall–Kier alpha value is -1.40. The number of aliphatic hydroxyl groups is 1. The van der Waals surface area contributed by atoms with Gasteiger partial charge in [-0.2, -0.15) is 13.2 Å². The van der Waals surface area contributed by atoms with E-state index >= 15 is 0 Å². The first-order chi connectivity index (χ1) is 14.4. The van der Waals surface area contributed by atoms with Gasteiger partial charge in [-0.25, -0.2) is 13.1 Å². The SMILES string of the molecule is CCC(C)(CC(C)(C)C(=O)OC(C)(C)CNS(C)(=O)=O)C(=O)OC(C)CC(C)(O)C(F)(F)F. The van der Waals surface area contributed by atoms with E-state index in [0.717, 1.165) is 6.26 Å². The van der Waals surface area contributed by atoms with E-state index in [1.54, 1.807) is 20.8 Å². The first kappa shape index (κ1) is 31.6. The van der Waals surface area contributed by atoms with E-state index in [4.69, 9.17) is 9.47 Å². The fourth-order valence-electron chi connectivity index (χ4n) is 3.16. The van der Waals surface area contributed by atoms with Crippen molar-refractivity contribution in [1.82, 2.24) is 4.72 Å². The zero-order valence-corrected chi connectivity index (χ0v) is 21.7. The maximum Gasteiger partial charge on any atom is 0.417 e. The van der Waals surface area contributed by atoms with Crippen LogP contribution in [0.4, 0.5) is 13.2 Å². The Balaban J connectivity index is 5.35. The third-order valence-corrected chi connectivity index (χ3v) is 6.06. The number of carbonyl (C=O) groups is 2. The molecule has 0 rings (SSSR count). The molecule has 2 N–H and O–H groups in total. The second-order valence-electron chi connectivity index (χ2n) is 10.4. The van der Waals surface area contributed by atoms with Gasteiger partial charge >= 0.3 is 18.1 Å². The number of sulfonamides is 1. The maximum absolute atomic E-state index is 12.9. The third-order valence-electron chi connectivity index (χ3n) is 5.39. The third kappa shape index (κ3) is 10.2. The van der Waals surface area contributed by atoms with Gasteiger partial charge in [0.05, 0.1) is 17.1 Å². The average molecular weight is 506 g/mol. The van der Waals surface area contributed by atoms with Crippen LogP contribution in [0.1, 0.15) is 74.7 Å². The van der Waals surface area contributed by atoms with E-state index in [0.29, 0.717) is 6.92 Å². The Kier molecular flexibility index (Phi) is 10.0. The molecule has 0 bridgehead atoms. The molecule has 3 atom stereocenters. The zero-order chi connectivity index (χ0) is 26.7. The first-order valence-electron chi connectivity index (χ1n) is 10.6. The number of esters is 2. The lowest BCUT2D eigenvalue weighted by molar-refractivity contribution is -0.261. The number of rotatable bonds is 12. The Labute approximate surface area is 194 Å². The summed E-state index contributed by atoms with van der Waals surface area (Å²) in [5.74, 6) is -1.47. The summed E-state index contributed by atoms with van der Waals surface area (Å²) < 4.78 is 74.3. The van der Waals surface area contributed by atoms with E-state index in [1.165, 1.54) is 27.7 Å². The van der Waals surface area contributed by atoms with Crippen molar-refractivity contribution in [2.75, 3.05) is 12.8 Å². The van der Waals surface area contributed by atoms with E-state index in [-0.39, 0.29) is 19.4 Å². The van der Waals surface area contributed by atoms with Crippen molar-refractivity contribution in [2.45, 2.75) is 98.1 Å². The molecule has 0 heterocycles. The summed E-state index contributed by atoms with van der Waals surface area (Å²) in [5.41, 5.74) is -6.62. The van der Waals surface area contributed by atoms with Gasteiger partial charge in [0.25, 0.3) is 0 Å². The van der Waals surface area contributed by atoms with Gasteiger partial charge in [-0.1, -0.05) is 6.92 Å². The molecule has 8 nitrogen and oxygen atoms in total. The van der Waals surface area contributed by atoms with Gasteiger partial charge in [0, 0.05) is 13.0 Å². The van der Waals surface area contributed by atoms with Crippen LogP contribution in [-0.2, 0) is 29.1 Å². The predicted molar refractivity (Wildman–Crippen MR) is 117 cm³/mol. The molecular weight excluding hydrogens is 467 g/mol.